The van der Waals surface area contributed by atoms with Crippen LogP contribution in [0, 0.1) is 0 Å². The van der Waals surface area contributed by atoms with Crippen LogP contribution < -0.4 is 9.47 Å². The van der Waals surface area contributed by atoms with Crippen molar-refractivity contribution in [1.82, 2.24) is 0 Å². The molecule has 0 unspecified atom stereocenters. The summed E-state index contributed by atoms with van der Waals surface area (Å²) in [6.07, 6.45) is 0.693. The van der Waals surface area contributed by atoms with Crippen LogP contribution in [0.5, 0.6) is 11.5 Å². The summed E-state index contributed by atoms with van der Waals surface area (Å²) in [6, 6.07) is 3.06. The second kappa shape index (κ2) is 3.57. The van der Waals surface area contributed by atoms with E-state index in [4.69, 9.17) is 20.2 Å². The van der Waals surface area contributed by atoms with Crippen molar-refractivity contribution in [3.05, 3.63) is 17.7 Å². The summed E-state index contributed by atoms with van der Waals surface area (Å²) >= 11 is 0. The van der Waals surface area contributed by atoms with Crippen LogP contribution in [0.25, 0.3) is 0 Å². The standard InChI is InChI=1S/C9H9ClO4S/c1-13-8-5-7-6(2-3-14-7)4-9(8)15(10,11)12/h4-5H,2-3H2,1H3. The van der Waals surface area contributed by atoms with Crippen LogP contribution in [0.1, 0.15) is 5.56 Å². The van der Waals surface area contributed by atoms with Gasteiger partial charge in [-0.05, 0) is 11.6 Å². The molecular weight excluding hydrogens is 240 g/mol. The largest absolute Gasteiger partial charge is 0.495 e. The molecule has 0 aliphatic carbocycles. The Morgan fingerprint density at radius 2 is 2.20 bits per heavy atom. The maximum absolute atomic E-state index is 11.3. The summed E-state index contributed by atoms with van der Waals surface area (Å²) in [6.45, 7) is 0.560. The lowest BCUT2D eigenvalue weighted by molar-refractivity contribution is 0.351. The van der Waals surface area contributed by atoms with Gasteiger partial charge in [-0.3, -0.25) is 0 Å². The molecule has 1 aliphatic heterocycles. The Morgan fingerprint density at radius 1 is 1.47 bits per heavy atom. The maximum Gasteiger partial charge on any atom is 0.264 e. The lowest BCUT2D eigenvalue weighted by Crippen LogP contribution is -1.97. The Morgan fingerprint density at radius 3 is 2.80 bits per heavy atom. The predicted molar refractivity (Wildman–Crippen MR) is 55.2 cm³/mol. The molecule has 0 fully saturated rings. The van der Waals surface area contributed by atoms with Gasteiger partial charge in [0.2, 0.25) is 0 Å². The molecule has 15 heavy (non-hydrogen) atoms. The maximum atomic E-state index is 11.3. The Balaban J connectivity index is 2.64. The first-order valence-corrected chi connectivity index (χ1v) is 6.61. The highest BCUT2D eigenvalue weighted by atomic mass is 35.7. The molecule has 1 heterocycles. The number of rotatable bonds is 2. The van der Waals surface area contributed by atoms with Crippen molar-refractivity contribution < 1.29 is 17.9 Å². The van der Waals surface area contributed by atoms with Gasteiger partial charge in [-0.2, -0.15) is 0 Å². The van der Waals surface area contributed by atoms with Crippen molar-refractivity contribution >= 4 is 19.7 Å². The SMILES string of the molecule is COc1cc2c(cc1S(=O)(=O)Cl)CCO2. The molecule has 0 spiro atoms. The molecule has 0 saturated carbocycles. The third kappa shape index (κ3) is 1.89. The van der Waals surface area contributed by atoms with E-state index in [0.29, 0.717) is 18.8 Å². The fraction of sp³-hybridized carbons (Fsp3) is 0.333. The minimum atomic E-state index is -3.78. The zero-order valence-electron chi connectivity index (χ0n) is 7.99. The number of fused-ring (bicyclic) bond motifs is 1. The van der Waals surface area contributed by atoms with Crippen LogP contribution >= 0.6 is 10.7 Å². The quantitative estimate of drug-likeness (QED) is 0.746. The molecule has 4 nitrogen and oxygen atoms in total. The zero-order chi connectivity index (χ0) is 11.1. The molecule has 0 bridgehead atoms. The van der Waals surface area contributed by atoms with Gasteiger partial charge in [-0.25, -0.2) is 8.42 Å². The second-order valence-electron chi connectivity index (χ2n) is 3.15. The monoisotopic (exact) mass is 248 g/mol. The molecule has 0 saturated heterocycles. The number of ether oxygens (including phenoxy) is 2. The summed E-state index contributed by atoms with van der Waals surface area (Å²) in [5.74, 6) is 0.876. The number of halogens is 1. The average Bonchev–Trinajstić information content (AvgIpc) is 2.60. The van der Waals surface area contributed by atoms with Crippen molar-refractivity contribution in [2.45, 2.75) is 11.3 Å². The molecule has 0 atom stereocenters. The van der Waals surface area contributed by atoms with Crippen molar-refractivity contribution in [2.24, 2.45) is 0 Å². The van der Waals surface area contributed by atoms with Crippen LogP contribution in [-0.2, 0) is 15.5 Å². The molecule has 1 aromatic rings. The van der Waals surface area contributed by atoms with Gasteiger partial charge in [0.15, 0.2) is 0 Å². The van der Waals surface area contributed by atoms with E-state index in [-0.39, 0.29) is 10.6 Å². The molecule has 0 aromatic heterocycles. The Labute approximate surface area is 92.2 Å². The summed E-state index contributed by atoms with van der Waals surface area (Å²) in [4.78, 5) is -0.00378. The highest BCUT2D eigenvalue weighted by molar-refractivity contribution is 8.13. The normalized spacial score (nSPS) is 14.5. The highest BCUT2D eigenvalue weighted by Crippen LogP contribution is 2.36. The van der Waals surface area contributed by atoms with Gasteiger partial charge in [0, 0.05) is 23.2 Å². The zero-order valence-corrected chi connectivity index (χ0v) is 9.56. The Kier molecular flexibility index (Phi) is 2.52. The first-order chi connectivity index (χ1) is 7.02. The van der Waals surface area contributed by atoms with Gasteiger partial charge >= 0.3 is 0 Å². The lowest BCUT2D eigenvalue weighted by Gasteiger charge is -2.07. The highest BCUT2D eigenvalue weighted by Gasteiger charge is 2.22. The number of hydrogen-bond acceptors (Lipinski definition) is 4. The Bertz CT molecular complexity index is 495. The van der Waals surface area contributed by atoms with E-state index in [9.17, 15) is 8.42 Å². The topological polar surface area (TPSA) is 52.6 Å². The van der Waals surface area contributed by atoms with Gasteiger partial charge in [0.05, 0.1) is 13.7 Å². The summed E-state index contributed by atoms with van der Waals surface area (Å²) < 4.78 is 32.8. The summed E-state index contributed by atoms with van der Waals surface area (Å²) in [5, 5.41) is 0. The fourth-order valence-corrected chi connectivity index (χ4v) is 2.56. The molecule has 6 heteroatoms. The molecule has 1 aliphatic rings. The predicted octanol–water partition coefficient (Wildman–Crippen LogP) is 1.56. The first-order valence-electron chi connectivity index (χ1n) is 4.31. The molecule has 0 radical (unpaired) electrons. The van der Waals surface area contributed by atoms with Gasteiger partial charge < -0.3 is 9.47 Å². The minimum absolute atomic E-state index is 0.00378. The van der Waals surface area contributed by atoms with E-state index in [1.54, 1.807) is 6.07 Å². The van der Waals surface area contributed by atoms with Gasteiger partial charge in [-0.1, -0.05) is 0 Å². The third-order valence-electron chi connectivity index (χ3n) is 2.24. The van der Waals surface area contributed by atoms with Crippen molar-refractivity contribution in [1.29, 1.82) is 0 Å². The second-order valence-corrected chi connectivity index (χ2v) is 5.68. The summed E-state index contributed by atoms with van der Waals surface area (Å²) in [7, 11) is 2.91. The van der Waals surface area contributed by atoms with E-state index < -0.39 is 9.05 Å². The van der Waals surface area contributed by atoms with Gasteiger partial charge in [0.1, 0.15) is 16.4 Å². The van der Waals surface area contributed by atoms with Crippen LogP contribution in [0.2, 0.25) is 0 Å². The number of benzene rings is 1. The third-order valence-corrected chi connectivity index (χ3v) is 3.58. The molecule has 82 valence electrons. The van der Waals surface area contributed by atoms with Crippen molar-refractivity contribution in [2.75, 3.05) is 13.7 Å². The minimum Gasteiger partial charge on any atom is -0.495 e. The van der Waals surface area contributed by atoms with Crippen molar-refractivity contribution in [3.63, 3.8) is 0 Å². The van der Waals surface area contributed by atoms with E-state index >= 15 is 0 Å². The first kappa shape index (κ1) is 10.6. The van der Waals surface area contributed by atoms with Crippen LogP contribution in [0.4, 0.5) is 0 Å². The van der Waals surface area contributed by atoms with Crippen LogP contribution in [0.15, 0.2) is 17.0 Å². The smallest absolute Gasteiger partial charge is 0.264 e. The van der Waals surface area contributed by atoms with E-state index in [0.717, 1.165) is 5.56 Å². The van der Waals surface area contributed by atoms with Gasteiger partial charge in [-0.15, -0.1) is 0 Å². The van der Waals surface area contributed by atoms with Gasteiger partial charge in [0.25, 0.3) is 9.05 Å². The lowest BCUT2D eigenvalue weighted by atomic mass is 10.2. The molecular formula is C9H9ClO4S. The average molecular weight is 249 g/mol. The summed E-state index contributed by atoms with van der Waals surface area (Å²) in [5.41, 5.74) is 0.843. The molecule has 2 rings (SSSR count). The Hall–Kier alpha value is -0.940. The molecule has 1 aromatic carbocycles. The fourth-order valence-electron chi connectivity index (χ4n) is 1.53. The van der Waals surface area contributed by atoms with E-state index in [1.807, 2.05) is 0 Å². The molecule has 0 amide bonds. The van der Waals surface area contributed by atoms with E-state index in [2.05, 4.69) is 0 Å². The van der Waals surface area contributed by atoms with E-state index in [1.165, 1.54) is 13.2 Å². The van der Waals surface area contributed by atoms with Crippen LogP contribution in [0.3, 0.4) is 0 Å². The molecule has 0 N–H and O–H groups in total. The van der Waals surface area contributed by atoms with Crippen molar-refractivity contribution in [3.8, 4) is 11.5 Å². The number of methoxy groups -OCH3 is 1. The van der Waals surface area contributed by atoms with Crippen LogP contribution in [-0.4, -0.2) is 22.1 Å². The number of hydrogen-bond donors (Lipinski definition) is 0.